The minimum Gasteiger partial charge on any atom is -0.396 e. The van der Waals surface area contributed by atoms with Crippen molar-refractivity contribution in [2.45, 2.75) is 44.4 Å². The number of aliphatic hydroxyl groups is 1. The van der Waals surface area contributed by atoms with Crippen molar-refractivity contribution in [3.05, 3.63) is 66.4 Å². The number of ether oxygens (including phenoxy) is 1. The largest absolute Gasteiger partial charge is 0.396 e. The Hall–Kier alpha value is -3.04. The fourth-order valence-electron chi connectivity index (χ4n) is 2.49. The van der Waals surface area contributed by atoms with E-state index in [9.17, 15) is 22.8 Å². The first kappa shape index (κ1) is 27.0. The molecule has 0 aliphatic heterocycles. The normalized spacial score (nSPS) is 11.5. The molecule has 1 aromatic rings. The molecule has 0 atom stereocenters. The summed E-state index contributed by atoms with van der Waals surface area (Å²) in [5.74, 6) is -3.41. The summed E-state index contributed by atoms with van der Waals surface area (Å²) in [7, 11) is -3.93. The van der Waals surface area contributed by atoms with Gasteiger partial charge in [0, 0.05) is 18.4 Å². The number of benzene rings is 1. The van der Waals surface area contributed by atoms with Crippen LogP contribution in [0.25, 0.3) is 0 Å². The van der Waals surface area contributed by atoms with Gasteiger partial charge in [-0.25, -0.2) is 18.0 Å². The molecule has 1 aromatic carbocycles. The Balaban J connectivity index is 3.28. The van der Waals surface area contributed by atoms with E-state index in [4.69, 9.17) is 9.84 Å². The molecule has 9 heteroatoms. The quantitative estimate of drug-likeness (QED) is 0.219. The molecule has 174 valence electrons. The van der Waals surface area contributed by atoms with E-state index in [1.165, 1.54) is 12.1 Å². The van der Waals surface area contributed by atoms with Crippen LogP contribution < -0.4 is 0 Å². The maximum absolute atomic E-state index is 12.8. The zero-order valence-corrected chi connectivity index (χ0v) is 19.2. The third-order valence-electron chi connectivity index (χ3n) is 4.48. The van der Waals surface area contributed by atoms with Crippen LogP contribution in [0, 0.1) is 6.92 Å². The van der Waals surface area contributed by atoms with Gasteiger partial charge < -0.3 is 9.84 Å². The number of hydrogen-bond acceptors (Lipinski definition) is 7. The molecule has 0 aliphatic rings. The lowest BCUT2D eigenvalue weighted by Crippen LogP contribution is -2.31. The van der Waals surface area contributed by atoms with Gasteiger partial charge in [0.2, 0.25) is 0 Å². The predicted molar refractivity (Wildman–Crippen MR) is 120 cm³/mol. The van der Waals surface area contributed by atoms with Crippen LogP contribution >= 0.6 is 0 Å². The number of unbranched alkanes of at least 4 members (excludes halogenated alkanes) is 1. The second kappa shape index (κ2) is 12.7. The van der Waals surface area contributed by atoms with Crippen LogP contribution in [0.1, 0.15) is 38.2 Å². The lowest BCUT2D eigenvalue weighted by molar-refractivity contribution is -0.154. The second-order valence-corrected chi connectivity index (χ2v) is 9.00. The van der Waals surface area contributed by atoms with Crippen LogP contribution in [-0.4, -0.2) is 48.8 Å². The molecule has 1 N–H and O–H groups in total. The molecule has 0 aromatic heterocycles. The molecule has 0 aliphatic carbocycles. The number of hydrogen-bond donors (Lipinski definition) is 1. The molecule has 0 unspecified atom stereocenters. The highest BCUT2D eigenvalue weighted by molar-refractivity contribution is 7.91. The molecule has 0 spiro atoms. The van der Waals surface area contributed by atoms with Crippen LogP contribution in [0.5, 0.6) is 0 Å². The Bertz CT molecular complexity index is 992. The van der Waals surface area contributed by atoms with Gasteiger partial charge in [-0.1, -0.05) is 37.8 Å². The number of carbonyl (C=O) groups is 3. The molecule has 0 saturated carbocycles. The fraction of sp³-hybridized carbons (Fsp3) is 0.348. The predicted octanol–water partition coefficient (Wildman–Crippen LogP) is 2.82. The van der Waals surface area contributed by atoms with Crippen molar-refractivity contribution in [1.82, 2.24) is 4.90 Å². The van der Waals surface area contributed by atoms with Gasteiger partial charge >= 0.3 is 11.9 Å². The summed E-state index contributed by atoms with van der Waals surface area (Å²) < 4.78 is 30.5. The van der Waals surface area contributed by atoms with Crippen molar-refractivity contribution in [3.63, 3.8) is 0 Å². The van der Waals surface area contributed by atoms with Gasteiger partial charge in [0.1, 0.15) is 5.88 Å². The minimum absolute atomic E-state index is 0.0113. The van der Waals surface area contributed by atoms with E-state index in [1.807, 2.05) is 6.92 Å². The zero-order chi connectivity index (χ0) is 24.3. The lowest BCUT2D eigenvalue weighted by atomic mass is 10.1. The van der Waals surface area contributed by atoms with Crippen molar-refractivity contribution in [3.8, 4) is 0 Å². The molecule has 1 amide bonds. The summed E-state index contributed by atoms with van der Waals surface area (Å²) >= 11 is 0. The summed E-state index contributed by atoms with van der Waals surface area (Å²) in [6.07, 6.45) is 3.01. The molecule has 0 fully saturated rings. The molecule has 8 nitrogen and oxygen atoms in total. The molecule has 1 rings (SSSR count). The summed E-state index contributed by atoms with van der Waals surface area (Å²) in [5, 5.41) is 9.02. The number of amides is 1. The average Bonchev–Trinajstić information content (AvgIpc) is 2.76. The monoisotopic (exact) mass is 463 g/mol. The first-order valence-corrected chi connectivity index (χ1v) is 11.7. The SMILES string of the molecule is C=CC(=O)N(C=C(CCCCO)C(=O)OC(=O)C(=C)CC)CS(=O)(=O)c1ccc(C)cc1. The van der Waals surface area contributed by atoms with Crippen LogP contribution in [-0.2, 0) is 29.0 Å². The van der Waals surface area contributed by atoms with Crippen molar-refractivity contribution >= 4 is 27.7 Å². The first-order valence-electron chi connectivity index (χ1n) is 10.0. The summed E-state index contributed by atoms with van der Waals surface area (Å²) in [6, 6.07) is 6.12. The highest BCUT2D eigenvalue weighted by Gasteiger charge is 2.24. The van der Waals surface area contributed by atoms with Crippen LogP contribution in [0.4, 0.5) is 0 Å². The highest BCUT2D eigenvalue weighted by Crippen LogP contribution is 2.17. The van der Waals surface area contributed by atoms with Gasteiger partial charge in [-0.3, -0.25) is 9.69 Å². The Kier molecular flexibility index (Phi) is 10.7. The molecule has 32 heavy (non-hydrogen) atoms. The first-order chi connectivity index (χ1) is 15.0. The van der Waals surface area contributed by atoms with E-state index in [2.05, 4.69) is 13.2 Å². The van der Waals surface area contributed by atoms with Gasteiger partial charge in [0.25, 0.3) is 5.91 Å². The van der Waals surface area contributed by atoms with Crippen LogP contribution in [0.2, 0.25) is 0 Å². The summed E-state index contributed by atoms with van der Waals surface area (Å²) in [5.41, 5.74) is 0.870. The number of nitrogens with zero attached hydrogens (tertiary/aromatic N) is 1. The van der Waals surface area contributed by atoms with E-state index >= 15 is 0 Å². The average molecular weight is 464 g/mol. The number of carbonyl (C=O) groups excluding carboxylic acids is 3. The van der Waals surface area contributed by atoms with E-state index < -0.39 is 33.6 Å². The Morgan fingerprint density at radius 2 is 1.75 bits per heavy atom. The van der Waals surface area contributed by atoms with Crippen molar-refractivity contribution < 1.29 is 32.6 Å². The maximum atomic E-state index is 12.8. The number of esters is 2. The molecule has 0 heterocycles. The van der Waals surface area contributed by atoms with Crippen molar-refractivity contribution in [1.29, 1.82) is 0 Å². The van der Waals surface area contributed by atoms with Crippen molar-refractivity contribution in [2.24, 2.45) is 0 Å². The molecule has 0 radical (unpaired) electrons. The van der Waals surface area contributed by atoms with Gasteiger partial charge in [0.05, 0.1) is 10.5 Å². The van der Waals surface area contributed by atoms with E-state index in [-0.39, 0.29) is 35.5 Å². The van der Waals surface area contributed by atoms with Gasteiger partial charge in [-0.2, -0.15) is 0 Å². The Morgan fingerprint density at radius 1 is 1.12 bits per heavy atom. The Labute approximate surface area is 188 Å². The maximum Gasteiger partial charge on any atom is 0.343 e. The number of sulfone groups is 1. The minimum atomic E-state index is -3.93. The second-order valence-electron chi connectivity index (χ2n) is 7.04. The van der Waals surface area contributed by atoms with Gasteiger partial charge in [0.15, 0.2) is 9.84 Å². The van der Waals surface area contributed by atoms with Crippen molar-refractivity contribution in [2.75, 3.05) is 12.5 Å². The smallest absolute Gasteiger partial charge is 0.343 e. The lowest BCUT2D eigenvalue weighted by Gasteiger charge is -2.19. The molecule has 0 saturated heterocycles. The van der Waals surface area contributed by atoms with E-state index in [1.54, 1.807) is 19.1 Å². The number of rotatable bonds is 12. The summed E-state index contributed by atoms with van der Waals surface area (Å²) in [4.78, 5) is 37.7. The molecular weight excluding hydrogens is 434 g/mol. The van der Waals surface area contributed by atoms with Gasteiger partial charge in [-0.05, 0) is 50.8 Å². The summed E-state index contributed by atoms with van der Waals surface area (Å²) in [6.45, 7) is 10.3. The third-order valence-corrected chi connectivity index (χ3v) is 6.08. The highest BCUT2D eigenvalue weighted by atomic mass is 32.2. The van der Waals surface area contributed by atoms with Crippen LogP contribution in [0.15, 0.2) is 65.7 Å². The van der Waals surface area contributed by atoms with E-state index in [0.29, 0.717) is 12.8 Å². The molecule has 0 bridgehead atoms. The Morgan fingerprint density at radius 3 is 2.28 bits per heavy atom. The third kappa shape index (κ3) is 8.24. The number of aliphatic hydroxyl groups excluding tert-OH is 1. The fourth-order valence-corrected chi connectivity index (χ4v) is 3.75. The topological polar surface area (TPSA) is 118 Å². The van der Waals surface area contributed by atoms with Crippen LogP contribution in [0.3, 0.4) is 0 Å². The van der Waals surface area contributed by atoms with Gasteiger partial charge in [-0.15, -0.1) is 0 Å². The standard InChI is InChI=1S/C23H29NO7S/c1-5-18(4)22(27)31-23(28)19(9-7-8-14-25)15-24(21(26)6-2)16-32(29,30)20-12-10-17(3)11-13-20/h6,10-13,15,25H,2,4-5,7-9,14,16H2,1,3H3. The zero-order valence-electron chi connectivity index (χ0n) is 18.4. The van der Waals surface area contributed by atoms with E-state index in [0.717, 1.165) is 22.7 Å². The molecular formula is C23H29NO7S. The number of aryl methyl sites for hydroxylation is 1.